The first-order chi connectivity index (χ1) is 12.9. The van der Waals surface area contributed by atoms with Gasteiger partial charge in [-0.3, -0.25) is 9.69 Å². The van der Waals surface area contributed by atoms with Crippen LogP contribution in [-0.2, 0) is 6.54 Å². The summed E-state index contributed by atoms with van der Waals surface area (Å²) >= 11 is 5.86. The van der Waals surface area contributed by atoms with E-state index in [-0.39, 0.29) is 22.9 Å². The molecule has 0 bridgehead atoms. The van der Waals surface area contributed by atoms with Gasteiger partial charge in [-0.05, 0) is 55.7 Å². The average molecular weight is 390 g/mol. The Balaban J connectivity index is 1.76. The maximum Gasteiger partial charge on any atom is 0.248 e. The van der Waals surface area contributed by atoms with Crippen LogP contribution >= 0.6 is 11.6 Å². The van der Waals surface area contributed by atoms with Crippen LogP contribution in [0.3, 0.4) is 0 Å². The molecule has 3 N–H and O–H groups in total. The zero-order chi connectivity index (χ0) is 19.6. The zero-order valence-corrected chi connectivity index (χ0v) is 16.3. The highest BCUT2D eigenvalue weighted by atomic mass is 35.5. The number of hydrogen-bond donors (Lipinski definition) is 2. The zero-order valence-electron chi connectivity index (χ0n) is 15.6. The molecule has 144 valence electrons. The predicted octanol–water partition coefficient (Wildman–Crippen LogP) is 3.89. The number of rotatable bonds is 6. The summed E-state index contributed by atoms with van der Waals surface area (Å²) < 4.78 is 14.0. The number of nitrogens with two attached hydrogens (primary N) is 1. The minimum absolute atomic E-state index is 0.0849. The molecular weight excluding hydrogens is 365 g/mol. The number of primary amides is 1. The summed E-state index contributed by atoms with van der Waals surface area (Å²) in [4.78, 5) is 13.6. The van der Waals surface area contributed by atoms with Crippen LogP contribution in [0.1, 0.15) is 47.8 Å². The van der Waals surface area contributed by atoms with Crippen LogP contribution in [0.4, 0.5) is 4.39 Å². The van der Waals surface area contributed by atoms with Gasteiger partial charge in [-0.25, -0.2) is 4.39 Å². The number of likely N-dealkylation sites (tertiary alicyclic amines) is 1. The Labute approximate surface area is 164 Å². The van der Waals surface area contributed by atoms with Crippen molar-refractivity contribution < 1.29 is 9.18 Å². The Morgan fingerprint density at radius 3 is 2.59 bits per heavy atom. The molecule has 3 rings (SSSR count). The summed E-state index contributed by atoms with van der Waals surface area (Å²) in [7, 11) is 0. The van der Waals surface area contributed by atoms with Crippen LogP contribution in [0.5, 0.6) is 0 Å². The number of hydrogen-bond acceptors (Lipinski definition) is 3. The Morgan fingerprint density at radius 1 is 1.30 bits per heavy atom. The van der Waals surface area contributed by atoms with Crippen molar-refractivity contribution in [1.29, 1.82) is 0 Å². The lowest BCUT2D eigenvalue weighted by atomic mass is 9.98. The van der Waals surface area contributed by atoms with Crippen LogP contribution in [-0.4, -0.2) is 29.4 Å². The monoisotopic (exact) mass is 389 g/mol. The van der Waals surface area contributed by atoms with Crippen molar-refractivity contribution in [3.63, 3.8) is 0 Å². The van der Waals surface area contributed by atoms with Crippen LogP contribution < -0.4 is 11.1 Å². The van der Waals surface area contributed by atoms with E-state index in [4.69, 9.17) is 17.3 Å². The Morgan fingerprint density at radius 2 is 2.00 bits per heavy atom. The average Bonchev–Trinajstić information content (AvgIpc) is 3.07. The molecule has 1 aliphatic rings. The number of nitrogens with one attached hydrogen (secondary N) is 1. The van der Waals surface area contributed by atoms with Gasteiger partial charge in [0, 0.05) is 30.7 Å². The first-order valence-electron chi connectivity index (χ1n) is 9.19. The van der Waals surface area contributed by atoms with E-state index in [0.717, 1.165) is 24.1 Å². The molecular formula is C21H25ClFN3O. The molecule has 2 atom stereocenters. The number of nitrogens with zero attached hydrogens (tertiary/aromatic N) is 1. The van der Waals surface area contributed by atoms with Crippen molar-refractivity contribution in [2.75, 3.05) is 6.54 Å². The minimum atomic E-state index is -0.428. The van der Waals surface area contributed by atoms with Gasteiger partial charge in [0.2, 0.25) is 5.91 Å². The third-order valence-electron chi connectivity index (χ3n) is 5.19. The minimum Gasteiger partial charge on any atom is -0.366 e. The van der Waals surface area contributed by atoms with Gasteiger partial charge >= 0.3 is 0 Å². The normalized spacial score (nSPS) is 20.3. The van der Waals surface area contributed by atoms with Crippen molar-refractivity contribution in [2.45, 2.75) is 44.9 Å². The molecule has 0 spiro atoms. The van der Waals surface area contributed by atoms with Crippen molar-refractivity contribution in [3.05, 3.63) is 70.0 Å². The molecule has 6 heteroatoms. The Bertz CT molecular complexity index is 810. The van der Waals surface area contributed by atoms with Crippen molar-refractivity contribution >= 4 is 17.5 Å². The fraction of sp³-hybridized carbons (Fsp3) is 0.381. The van der Waals surface area contributed by atoms with Gasteiger partial charge in [0.1, 0.15) is 5.82 Å². The van der Waals surface area contributed by atoms with Crippen molar-refractivity contribution in [1.82, 2.24) is 10.2 Å². The standard InChI is InChI=1S/C21H25ClFN3O/c1-13(2)26-10-9-19(20(26)16-7-8-17(22)18(23)11-16)25-12-14-3-5-15(6-4-14)21(24)27/h3-8,11,13,19-20,25H,9-10,12H2,1-2H3,(H2,24,27)/t19-,20-/m0/s1. The maximum absolute atomic E-state index is 14.0. The van der Waals surface area contributed by atoms with E-state index in [1.54, 1.807) is 24.3 Å². The van der Waals surface area contributed by atoms with E-state index >= 15 is 0 Å². The second-order valence-corrected chi connectivity index (χ2v) is 7.69. The summed E-state index contributed by atoms with van der Waals surface area (Å²) in [6.45, 7) is 5.93. The molecule has 2 aromatic carbocycles. The molecule has 4 nitrogen and oxygen atoms in total. The quantitative estimate of drug-likeness (QED) is 0.787. The first kappa shape index (κ1) is 19.8. The van der Waals surface area contributed by atoms with Crippen molar-refractivity contribution in [3.8, 4) is 0 Å². The molecule has 1 heterocycles. The lowest BCUT2D eigenvalue weighted by Gasteiger charge is -2.32. The van der Waals surface area contributed by atoms with Gasteiger partial charge in [0.05, 0.1) is 11.1 Å². The molecule has 2 aromatic rings. The number of halogens is 2. The van der Waals surface area contributed by atoms with Crippen molar-refractivity contribution in [2.24, 2.45) is 5.73 Å². The van der Waals surface area contributed by atoms with Gasteiger partial charge < -0.3 is 11.1 Å². The molecule has 0 aromatic heterocycles. The highest BCUT2D eigenvalue weighted by molar-refractivity contribution is 6.30. The number of benzene rings is 2. The fourth-order valence-corrected chi connectivity index (χ4v) is 3.88. The third-order valence-corrected chi connectivity index (χ3v) is 5.50. The summed E-state index contributed by atoms with van der Waals surface area (Å²) in [5, 5.41) is 3.75. The predicted molar refractivity (Wildman–Crippen MR) is 106 cm³/mol. The number of carbonyl (C=O) groups is 1. The highest BCUT2D eigenvalue weighted by Gasteiger charge is 2.36. The second kappa shape index (κ2) is 8.38. The van der Waals surface area contributed by atoms with Crippen LogP contribution in [0.25, 0.3) is 0 Å². The molecule has 1 aliphatic heterocycles. The van der Waals surface area contributed by atoms with Crippen LogP contribution in [0, 0.1) is 5.82 Å². The summed E-state index contributed by atoms with van der Waals surface area (Å²) in [6, 6.07) is 13.0. The smallest absolute Gasteiger partial charge is 0.248 e. The molecule has 0 radical (unpaired) electrons. The summed E-state index contributed by atoms with van der Waals surface area (Å²) in [6.07, 6.45) is 0.979. The molecule has 0 saturated carbocycles. The summed E-state index contributed by atoms with van der Waals surface area (Å²) in [5.41, 5.74) is 7.79. The van der Waals surface area contributed by atoms with Gasteiger partial charge in [-0.15, -0.1) is 0 Å². The Hall–Kier alpha value is -1.95. The number of carbonyl (C=O) groups excluding carboxylic acids is 1. The lowest BCUT2D eigenvalue weighted by Crippen LogP contribution is -2.38. The van der Waals surface area contributed by atoms with E-state index in [9.17, 15) is 9.18 Å². The first-order valence-corrected chi connectivity index (χ1v) is 9.57. The summed E-state index contributed by atoms with van der Waals surface area (Å²) in [5.74, 6) is -0.812. The second-order valence-electron chi connectivity index (χ2n) is 7.29. The lowest BCUT2D eigenvalue weighted by molar-refractivity contribution is 0.100. The number of amides is 1. The fourth-order valence-electron chi connectivity index (χ4n) is 3.77. The Kier molecular flexibility index (Phi) is 6.15. The van der Waals surface area contributed by atoms with Gasteiger partial charge in [-0.1, -0.05) is 29.8 Å². The van der Waals surface area contributed by atoms with E-state index in [0.29, 0.717) is 18.2 Å². The molecule has 0 aliphatic carbocycles. The van der Waals surface area contributed by atoms with Gasteiger partial charge in [0.25, 0.3) is 0 Å². The van der Waals surface area contributed by atoms with Gasteiger partial charge in [0.15, 0.2) is 0 Å². The molecule has 0 unspecified atom stereocenters. The van der Waals surface area contributed by atoms with Crippen LogP contribution in [0.2, 0.25) is 5.02 Å². The van der Waals surface area contributed by atoms with E-state index < -0.39 is 5.91 Å². The van der Waals surface area contributed by atoms with Gasteiger partial charge in [-0.2, -0.15) is 0 Å². The molecule has 27 heavy (non-hydrogen) atoms. The molecule has 1 fully saturated rings. The SMILES string of the molecule is CC(C)N1CC[C@H](NCc2ccc(C(N)=O)cc2)[C@@H]1c1ccc(Cl)c(F)c1. The maximum atomic E-state index is 14.0. The van der Waals surface area contributed by atoms with E-state index in [1.807, 2.05) is 18.2 Å². The largest absolute Gasteiger partial charge is 0.366 e. The topological polar surface area (TPSA) is 58.4 Å². The molecule has 1 amide bonds. The van der Waals surface area contributed by atoms with E-state index in [2.05, 4.69) is 24.1 Å². The highest BCUT2D eigenvalue weighted by Crippen LogP contribution is 2.35. The van der Waals surface area contributed by atoms with E-state index in [1.165, 1.54) is 0 Å². The molecule has 1 saturated heterocycles. The third kappa shape index (κ3) is 4.49. The van der Waals surface area contributed by atoms with Crippen LogP contribution in [0.15, 0.2) is 42.5 Å².